The van der Waals surface area contributed by atoms with E-state index in [-0.39, 0.29) is 11.5 Å². The van der Waals surface area contributed by atoms with Crippen LogP contribution in [0.25, 0.3) is 0 Å². The number of thiophene rings is 1. The van der Waals surface area contributed by atoms with Crippen LogP contribution in [0, 0.1) is 0 Å². The summed E-state index contributed by atoms with van der Waals surface area (Å²) in [6.07, 6.45) is 0. The molecule has 0 aliphatic rings. The number of rotatable bonds is 5. The molecule has 0 aliphatic heterocycles. The molecule has 0 fully saturated rings. The van der Waals surface area contributed by atoms with Gasteiger partial charge in [-0.2, -0.15) is 0 Å². The van der Waals surface area contributed by atoms with Gasteiger partial charge in [0.05, 0.1) is 22.9 Å². The Morgan fingerprint density at radius 2 is 2.00 bits per heavy atom. The van der Waals surface area contributed by atoms with Gasteiger partial charge >= 0.3 is 0 Å². The molecule has 0 aliphatic carbocycles. The van der Waals surface area contributed by atoms with Gasteiger partial charge in [-0.15, -0.1) is 11.3 Å². The van der Waals surface area contributed by atoms with Gasteiger partial charge in [0.1, 0.15) is 0 Å². The summed E-state index contributed by atoms with van der Waals surface area (Å²) in [5.74, 6) is 0. The highest BCUT2D eigenvalue weighted by Gasteiger charge is 2.18. The first-order valence-corrected chi connectivity index (χ1v) is 8.28. The average Bonchev–Trinajstić information content (AvgIpc) is 2.88. The van der Waals surface area contributed by atoms with Gasteiger partial charge in [-0.1, -0.05) is 12.1 Å². The Kier molecular flexibility index (Phi) is 4.32. The van der Waals surface area contributed by atoms with E-state index in [9.17, 15) is 8.42 Å². The Morgan fingerprint density at radius 3 is 2.60 bits per heavy atom. The first-order valence-electron chi connectivity index (χ1n) is 5.91. The minimum absolute atomic E-state index is 0.158. The molecule has 2 N–H and O–H groups in total. The molecule has 0 atom stereocenters. The molecule has 108 valence electrons. The van der Waals surface area contributed by atoms with E-state index in [4.69, 9.17) is 5.11 Å². The number of para-hydroxylation sites is 2. The SMILES string of the molecule is CN(C)c1ccccc1NS(=O)(=O)c1csc(CO)c1. The topological polar surface area (TPSA) is 69.6 Å². The van der Waals surface area contributed by atoms with Crippen molar-refractivity contribution in [3.63, 3.8) is 0 Å². The minimum atomic E-state index is -3.64. The summed E-state index contributed by atoms with van der Waals surface area (Å²) >= 11 is 1.22. The van der Waals surface area contributed by atoms with Crippen molar-refractivity contribution in [1.82, 2.24) is 0 Å². The molecule has 0 saturated carbocycles. The zero-order valence-corrected chi connectivity index (χ0v) is 12.8. The second kappa shape index (κ2) is 5.82. The summed E-state index contributed by atoms with van der Waals surface area (Å²) < 4.78 is 27.2. The summed E-state index contributed by atoms with van der Waals surface area (Å²) in [5.41, 5.74) is 1.31. The predicted molar refractivity (Wildman–Crippen MR) is 81.8 cm³/mol. The van der Waals surface area contributed by atoms with Crippen molar-refractivity contribution < 1.29 is 13.5 Å². The lowest BCUT2D eigenvalue weighted by Crippen LogP contribution is -2.16. The number of benzene rings is 1. The Labute approximate surface area is 122 Å². The monoisotopic (exact) mass is 312 g/mol. The van der Waals surface area contributed by atoms with Crippen LogP contribution in [-0.2, 0) is 16.6 Å². The van der Waals surface area contributed by atoms with E-state index in [2.05, 4.69) is 4.72 Å². The van der Waals surface area contributed by atoms with Crippen LogP contribution in [0.3, 0.4) is 0 Å². The van der Waals surface area contributed by atoms with Crippen molar-refractivity contribution in [2.24, 2.45) is 0 Å². The zero-order chi connectivity index (χ0) is 14.8. The largest absolute Gasteiger partial charge is 0.391 e. The maximum atomic E-state index is 12.3. The molecule has 20 heavy (non-hydrogen) atoms. The van der Waals surface area contributed by atoms with Crippen molar-refractivity contribution >= 4 is 32.7 Å². The molecule has 0 unspecified atom stereocenters. The second-order valence-electron chi connectivity index (χ2n) is 4.42. The van der Waals surface area contributed by atoms with E-state index in [0.29, 0.717) is 10.6 Å². The third-order valence-electron chi connectivity index (χ3n) is 2.73. The molecule has 7 heteroatoms. The van der Waals surface area contributed by atoms with Gasteiger partial charge < -0.3 is 10.0 Å². The number of sulfonamides is 1. The fourth-order valence-corrected chi connectivity index (χ4v) is 3.95. The zero-order valence-electron chi connectivity index (χ0n) is 11.2. The van der Waals surface area contributed by atoms with E-state index < -0.39 is 10.0 Å². The lowest BCUT2D eigenvalue weighted by molar-refractivity contribution is 0.285. The number of aliphatic hydroxyl groups excluding tert-OH is 1. The Hall–Kier alpha value is -1.57. The molecule has 5 nitrogen and oxygen atoms in total. The van der Waals surface area contributed by atoms with E-state index in [1.54, 1.807) is 12.1 Å². The summed E-state index contributed by atoms with van der Waals surface area (Å²) in [7, 11) is 0.0616. The highest BCUT2D eigenvalue weighted by atomic mass is 32.2. The molecule has 1 aromatic heterocycles. The molecule has 2 aromatic rings. The predicted octanol–water partition coefficient (Wildman–Crippen LogP) is 2.11. The van der Waals surface area contributed by atoms with Gasteiger partial charge in [-0.3, -0.25) is 4.72 Å². The van der Waals surface area contributed by atoms with E-state index in [1.807, 2.05) is 31.1 Å². The first kappa shape index (κ1) is 14.8. The second-order valence-corrected chi connectivity index (χ2v) is 7.10. The van der Waals surface area contributed by atoms with Crippen molar-refractivity contribution in [3.05, 3.63) is 40.6 Å². The number of hydrogen-bond donors (Lipinski definition) is 2. The molecule has 0 radical (unpaired) electrons. The first-order chi connectivity index (χ1) is 9.44. The third-order valence-corrected chi connectivity index (χ3v) is 5.14. The number of hydrogen-bond acceptors (Lipinski definition) is 5. The molecule has 0 spiro atoms. The molecule has 0 bridgehead atoms. The smallest absolute Gasteiger partial charge is 0.262 e. The lowest BCUT2D eigenvalue weighted by atomic mass is 10.2. The maximum absolute atomic E-state index is 12.3. The molecule has 0 saturated heterocycles. The van der Waals surface area contributed by atoms with Gasteiger partial charge in [0.25, 0.3) is 10.0 Å². The number of nitrogens with one attached hydrogen (secondary N) is 1. The molecule has 2 rings (SSSR count). The average molecular weight is 312 g/mol. The van der Waals surface area contributed by atoms with Crippen LogP contribution in [-0.4, -0.2) is 27.6 Å². The molecule has 1 aromatic carbocycles. The van der Waals surface area contributed by atoms with Crippen molar-refractivity contribution in [2.45, 2.75) is 11.5 Å². The Morgan fingerprint density at radius 1 is 1.30 bits per heavy atom. The fourth-order valence-electron chi connectivity index (χ4n) is 1.74. The molecule has 1 heterocycles. The third kappa shape index (κ3) is 3.12. The normalized spacial score (nSPS) is 11.3. The van der Waals surface area contributed by atoms with Gasteiger partial charge in [-0.25, -0.2) is 8.42 Å². The Bertz CT molecular complexity index is 693. The summed E-state index contributed by atoms with van der Waals surface area (Å²) in [4.78, 5) is 2.62. The Balaban J connectivity index is 2.33. The van der Waals surface area contributed by atoms with Gasteiger partial charge in [0, 0.05) is 24.4 Å². The fraction of sp³-hybridized carbons (Fsp3) is 0.231. The van der Waals surface area contributed by atoms with E-state index >= 15 is 0 Å². The number of anilines is 2. The number of aliphatic hydroxyl groups is 1. The van der Waals surface area contributed by atoms with Gasteiger partial charge in [0.15, 0.2) is 0 Å². The van der Waals surface area contributed by atoms with Crippen LogP contribution >= 0.6 is 11.3 Å². The van der Waals surface area contributed by atoms with Crippen LogP contribution < -0.4 is 9.62 Å². The van der Waals surface area contributed by atoms with Crippen molar-refractivity contribution in [3.8, 4) is 0 Å². The van der Waals surface area contributed by atoms with Crippen LogP contribution in [0.5, 0.6) is 0 Å². The van der Waals surface area contributed by atoms with Gasteiger partial charge in [0.2, 0.25) is 0 Å². The van der Waals surface area contributed by atoms with Gasteiger partial charge in [-0.05, 0) is 18.2 Å². The molecular weight excluding hydrogens is 296 g/mol. The van der Waals surface area contributed by atoms with Crippen molar-refractivity contribution in [2.75, 3.05) is 23.7 Å². The highest BCUT2D eigenvalue weighted by Crippen LogP contribution is 2.27. The summed E-state index contributed by atoms with van der Waals surface area (Å²) in [6.45, 7) is -0.158. The van der Waals surface area contributed by atoms with Crippen molar-refractivity contribution in [1.29, 1.82) is 0 Å². The lowest BCUT2D eigenvalue weighted by Gasteiger charge is -2.18. The van der Waals surface area contributed by atoms with Crippen LogP contribution in [0.4, 0.5) is 11.4 Å². The van der Waals surface area contributed by atoms with E-state index in [0.717, 1.165) is 5.69 Å². The minimum Gasteiger partial charge on any atom is -0.391 e. The maximum Gasteiger partial charge on any atom is 0.262 e. The van der Waals surface area contributed by atoms with E-state index in [1.165, 1.54) is 22.8 Å². The summed E-state index contributed by atoms with van der Waals surface area (Å²) in [6, 6.07) is 8.65. The van der Waals surface area contributed by atoms with Crippen LogP contribution in [0.2, 0.25) is 0 Å². The standard InChI is InChI=1S/C13H16N2O3S2/c1-15(2)13-6-4-3-5-12(13)14-20(17,18)11-7-10(8-16)19-9-11/h3-7,9,14,16H,8H2,1-2H3. The quantitative estimate of drug-likeness (QED) is 0.887. The van der Waals surface area contributed by atoms with Crippen LogP contribution in [0.15, 0.2) is 40.6 Å². The van der Waals surface area contributed by atoms with Crippen LogP contribution in [0.1, 0.15) is 4.88 Å². The highest BCUT2D eigenvalue weighted by molar-refractivity contribution is 7.92. The molecular formula is C13H16N2O3S2. The number of nitrogens with zero attached hydrogens (tertiary/aromatic N) is 1. The molecule has 0 amide bonds. The summed E-state index contributed by atoms with van der Waals surface area (Å²) in [5, 5.41) is 10.5.